The number of amides is 1. The average Bonchev–Trinajstić information content (AvgIpc) is 2.51. The molecule has 14 heavy (non-hydrogen) atoms. The molecule has 0 aliphatic carbocycles. The molecule has 6 heteroatoms. The number of nitrogens with one attached hydrogen (secondary N) is 1. The Morgan fingerprint density at radius 1 is 1.64 bits per heavy atom. The first-order valence-corrected chi connectivity index (χ1v) is 5.31. The van der Waals surface area contributed by atoms with Gasteiger partial charge in [-0.1, -0.05) is 24.7 Å². The van der Waals surface area contributed by atoms with E-state index in [-0.39, 0.29) is 5.91 Å². The highest BCUT2D eigenvalue weighted by atomic mass is 32.1. The van der Waals surface area contributed by atoms with E-state index in [0.29, 0.717) is 11.6 Å². The molecule has 0 aliphatic heterocycles. The van der Waals surface area contributed by atoms with Crippen molar-refractivity contribution in [3.63, 3.8) is 0 Å². The predicted molar refractivity (Wildman–Crippen MR) is 56.2 cm³/mol. The molecule has 3 N–H and O–H groups in total. The summed E-state index contributed by atoms with van der Waals surface area (Å²) >= 11 is 1.34. The molecular weight excluding hydrogens is 200 g/mol. The monoisotopic (exact) mass is 214 g/mol. The molecule has 1 heterocycles. The summed E-state index contributed by atoms with van der Waals surface area (Å²) in [6.45, 7) is 3.82. The number of aryl methyl sites for hydroxylation is 1. The fraction of sp³-hybridized carbons (Fsp3) is 0.625. The fourth-order valence-corrected chi connectivity index (χ4v) is 1.58. The maximum Gasteiger partial charge on any atom is 0.243 e. The third-order valence-corrected chi connectivity index (χ3v) is 2.45. The van der Waals surface area contributed by atoms with E-state index >= 15 is 0 Å². The van der Waals surface area contributed by atoms with Crippen molar-refractivity contribution in [2.45, 2.75) is 32.7 Å². The highest BCUT2D eigenvalue weighted by molar-refractivity contribution is 7.15. The standard InChI is InChI=1S/C8H14N4OS/c1-3-4-6(9)7(13)10-8-12-11-5(2)14-8/h6H,3-4,9H2,1-2H3,(H,10,12,13)/t6-/m0/s1. The molecule has 78 valence electrons. The van der Waals surface area contributed by atoms with Crippen molar-refractivity contribution in [1.29, 1.82) is 0 Å². The van der Waals surface area contributed by atoms with Crippen LogP contribution in [0.3, 0.4) is 0 Å². The zero-order valence-corrected chi connectivity index (χ0v) is 9.10. The first kappa shape index (κ1) is 11.1. The molecule has 0 aliphatic rings. The van der Waals surface area contributed by atoms with E-state index in [4.69, 9.17) is 5.73 Å². The second-order valence-corrected chi connectivity index (χ2v) is 4.19. The molecule has 1 amide bonds. The Labute approximate surface area is 86.7 Å². The van der Waals surface area contributed by atoms with Gasteiger partial charge in [-0.3, -0.25) is 10.1 Å². The van der Waals surface area contributed by atoms with E-state index in [1.807, 2.05) is 13.8 Å². The fourth-order valence-electron chi connectivity index (χ4n) is 0.987. The lowest BCUT2D eigenvalue weighted by Crippen LogP contribution is -2.35. The van der Waals surface area contributed by atoms with Crippen molar-refractivity contribution in [1.82, 2.24) is 10.2 Å². The summed E-state index contributed by atoms with van der Waals surface area (Å²) in [6.07, 6.45) is 1.58. The Kier molecular flexibility index (Phi) is 3.97. The number of carbonyl (C=O) groups excluding carboxylic acids is 1. The molecule has 0 unspecified atom stereocenters. The lowest BCUT2D eigenvalue weighted by molar-refractivity contribution is -0.117. The lowest BCUT2D eigenvalue weighted by Gasteiger charge is -2.08. The topological polar surface area (TPSA) is 80.9 Å². The van der Waals surface area contributed by atoms with Gasteiger partial charge in [-0.2, -0.15) is 0 Å². The van der Waals surface area contributed by atoms with Crippen LogP contribution in [0.1, 0.15) is 24.8 Å². The number of nitrogens with two attached hydrogens (primary N) is 1. The van der Waals surface area contributed by atoms with Gasteiger partial charge in [0.25, 0.3) is 0 Å². The van der Waals surface area contributed by atoms with Gasteiger partial charge < -0.3 is 5.73 Å². The minimum atomic E-state index is -0.454. The van der Waals surface area contributed by atoms with E-state index in [1.54, 1.807) is 0 Å². The summed E-state index contributed by atoms with van der Waals surface area (Å²) in [5.74, 6) is -0.192. The molecule has 1 rings (SSSR count). The highest BCUT2D eigenvalue weighted by Gasteiger charge is 2.13. The molecular formula is C8H14N4OS. The van der Waals surface area contributed by atoms with Crippen LogP contribution in [0.4, 0.5) is 5.13 Å². The first-order chi connectivity index (χ1) is 6.63. The first-order valence-electron chi connectivity index (χ1n) is 4.50. The number of rotatable bonds is 4. The van der Waals surface area contributed by atoms with Crippen LogP contribution in [0.15, 0.2) is 0 Å². The Morgan fingerprint density at radius 3 is 2.86 bits per heavy atom. The van der Waals surface area contributed by atoms with Crippen LogP contribution in [-0.2, 0) is 4.79 Å². The second kappa shape index (κ2) is 5.02. The quantitative estimate of drug-likeness (QED) is 0.780. The molecule has 0 fully saturated rings. The SMILES string of the molecule is CCC[C@H](N)C(=O)Nc1nnc(C)s1. The second-order valence-electron chi connectivity index (χ2n) is 3.01. The smallest absolute Gasteiger partial charge is 0.243 e. The summed E-state index contributed by atoms with van der Waals surface area (Å²) in [4.78, 5) is 11.4. The number of aromatic nitrogens is 2. The Hall–Kier alpha value is -1.01. The lowest BCUT2D eigenvalue weighted by atomic mass is 10.2. The maximum atomic E-state index is 11.4. The largest absolute Gasteiger partial charge is 0.320 e. The molecule has 0 saturated carbocycles. The summed E-state index contributed by atoms with van der Waals surface area (Å²) in [7, 11) is 0. The highest BCUT2D eigenvalue weighted by Crippen LogP contribution is 2.13. The summed E-state index contributed by atoms with van der Waals surface area (Å²) < 4.78 is 0. The molecule has 0 aromatic carbocycles. The van der Waals surface area contributed by atoms with E-state index < -0.39 is 6.04 Å². The van der Waals surface area contributed by atoms with Gasteiger partial charge in [0.2, 0.25) is 11.0 Å². The number of hydrogen-bond donors (Lipinski definition) is 2. The van der Waals surface area contributed by atoms with Crippen molar-refractivity contribution in [2.75, 3.05) is 5.32 Å². The minimum Gasteiger partial charge on any atom is -0.320 e. The van der Waals surface area contributed by atoms with Gasteiger partial charge in [0.15, 0.2) is 0 Å². The zero-order valence-electron chi connectivity index (χ0n) is 8.28. The molecule has 0 spiro atoms. The van der Waals surface area contributed by atoms with Crippen molar-refractivity contribution in [3.05, 3.63) is 5.01 Å². The molecule has 5 nitrogen and oxygen atoms in total. The number of anilines is 1. The molecule has 0 saturated heterocycles. The molecule has 0 bridgehead atoms. The summed E-state index contributed by atoms with van der Waals surface area (Å²) in [5, 5.41) is 11.5. The maximum absolute atomic E-state index is 11.4. The predicted octanol–water partition coefficient (Wildman–Crippen LogP) is 0.912. The van der Waals surface area contributed by atoms with Crippen molar-refractivity contribution >= 4 is 22.4 Å². The molecule has 1 aromatic heterocycles. The average molecular weight is 214 g/mol. The van der Waals surface area contributed by atoms with Gasteiger partial charge in [-0.05, 0) is 13.3 Å². The third kappa shape index (κ3) is 3.04. The Bertz CT molecular complexity index is 312. The number of carbonyl (C=O) groups is 1. The van der Waals surface area contributed by atoms with Gasteiger partial charge in [0.1, 0.15) is 5.01 Å². The third-order valence-electron chi connectivity index (χ3n) is 1.69. The summed E-state index contributed by atoms with van der Waals surface area (Å²) in [5.41, 5.74) is 5.63. The van der Waals surface area contributed by atoms with Crippen molar-refractivity contribution < 1.29 is 4.79 Å². The Morgan fingerprint density at radius 2 is 2.36 bits per heavy atom. The van der Waals surface area contributed by atoms with Crippen LogP contribution in [0.5, 0.6) is 0 Å². The molecule has 1 atom stereocenters. The van der Waals surface area contributed by atoms with E-state index in [9.17, 15) is 4.79 Å². The van der Waals surface area contributed by atoms with Crippen molar-refractivity contribution in [3.8, 4) is 0 Å². The van der Waals surface area contributed by atoms with Crippen LogP contribution in [0, 0.1) is 6.92 Å². The summed E-state index contributed by atoms with van der Waals surface area (Å²) in [6, 6.07) is -0.454. The normalized spacial score (nSPS) is 12.5. The van der Waals surface area contributed by atoms with Crippen LogP contribution in [0.25, 0.3) is 0 Å². The van der Waals surface area contributed by atoms with Crippen molar-refractivity contribution in [2.24, 2.45) is 5.73 Å². The van der Waals surface area contributed by atoms with Gasteiger partial charge in [-0.15, -0.1) is 10.2 Å². The molecule has 0 radical (unpaired) electrons. The van der Waals surface area contributed by atoms with Crippen LogP contribution < -0.4 is 11.1 Å². The minimum absolute atomic E-state index is 0.192. The number of hydrogen-bond acceptors (Lipinski definition) is 5. The van der Waals surface area contributed by atoms with Gasteiger partial charge in [-0.25, -0.2) is 0 Å². The Balaban J connectivity index is 2.48. The van der Waals surface area contributed by atoms with Crippen LogP contribution in [-0.4, -0.2) is 22.1 Å². The van der Waals surface area contributed by atoms with E-state index in [2.05, 4.69) is 15.5 Å². The van der Waals surface area contributed by atoms with Gasteiger partial charge in [0, 0.05) is 0 Å². The van der Waals surface area contributed by atoms with E-state index in [0.717, 1.165) is 11.4 Å². The number of nitrogens with zero attached hydrogens (tertiary/aromatic N) is 2. The van der Waals surface area contributed by atoms with E-state index in [1.165, 1.54) is 11.3 Å². The van der Waals surface area contributed by atoms with Crippen LogP contribution >= 0.6 is 11.3 Å². The van der Waals surface area contributed by atoms with Gasteiger partial charge >= 0.3 is 0 Å². The molecule has 1 aromatic rings. The van der Waals surface area contributed by atoms with Gasteiger partial charge in [0.05, 0.1) is 6.04 Å². The van der Waals surface area contributed by atoms with Crippen LogP contribution in [0.2, 0.25) is 0 Å². The zero-order chi connectivity index (χ0) is 10.6.